The van der Waals surface area contributed by atoms with Crippen molar-refractivity contribution in [2.24, 2.45) is 5.73 Å². The van der Waals surface area contributed by atoms with Crippen LogP contribution in [0.1, 0.15) is 41.0 Å². The van der Waals surface area contributed by atoms with Gasteiger partial charge >= 0.3 is 0 Å². The number of carbonyl (C=O) groups is 1. The topological polar surface area (TPSA) is 67.6 Å². The maximum atomic E-state index is 11.7. The standard InChI is InChI=1S/C14H29N3O2/c1-11(2)16-14(5,12(15)18)6-7-17-8-9-19-13(3,4)10-17/h11,16H,6-10H2,1-5H3,(H2,15,18). The van der Waals surface area contributed by atoms with Gasteiger partial charge in [-0.25, -0.2) is 0 Å². The van der Waals surface area contributed by atoms with Crippen LogP contribution in [0.5, 0.6) is 0 Å². The van der Waals surface area contributed by atoms with E-state index in [1.54, 1.807) is 0 Å². The predicted octanol–water partition coefficient (Wildman–Crippen LogP) is 0.729. The number of carbonyl (C=O) groups excluding carboxylic acids is 1. The van der Waals surface area contributed by atoms with Crippen LogP contribution in [0.4, 0.5) is 0 Å². The number of hydrogen-bond donors (Lipinski definition) is 2. The zero-order chi connectivity index (χ0) is 14.7. The number of nitrogens with two attached hydrogens (primary N) is 1. The van der Waals surface area contributed by atoms with E-state index in [-0.39, 0.29) is 17.6 Å². The van der Waals surface area contributed by atoms with E-state index in [1.807, 2.05) is 20.8 Å². The van der Waals surface area contributed by atoms with Crippen molar-refractivity contribution in [3.8, 4) is 0 Å². The maximum absolute atomic E-state index is 11.7. The van der Waals surface area contributed by atoms with Gasteiger partial charge in [-0.1, -0.05) is 0 Å². The molecule has 1 atom stereocenters. The SMILES string of the molecule is CC(C)NC(C)(CCN1CCOC(C)(C)C1)C(N)=O. The summed E-state index contributed by atoms with van der Waals surface area (Å²) in [7, 11) is 0. The molecule has 0 aromatic carbocycles. The second-order valence-corrected chi connectivity index (χ2v) is 6.63. The van der Waals surface area contributed by atoms with Gasteiger partial charge in [-0.15, -0.1) is 0 Å². The minimum atomic E-state index is -0.642. The third kappa shape index (κ3) is 5.09. The third-order valence-electron chi connectivity index (χ3n) is 3.58. The number of ether oxygens (including phenoxy) is 1. The largest absolute Gasteiger partial charge is 0.373 e. The van der Waals surface area contributed by atoms with Crippen LogP contribution in [0.25, 0.3) is 0 Å². The summed E-state index contributed by atoms with van der Waals surface area (Å²) in [5.41, 5.74) is 4.80. The Kier molecular flexibility index (Phi) is 5.35. The Balaban J connectivity index is 2.54. The number of amides is 1. The number of nitrogens with one attached hydrogen (secondary N) is 1. The van der Waals surface area contributed by atoms with Crippen LogP contribution in [0.2, 0.25) is 0 Å². The number of rotatable bonds is 6. The summed E-state index contributed by atoms with van der Waals surface area (Å²) in [6.45, 7) is 13.5. The molecule has 0 spiro atoms. The quantitative estimate of drug-likeness (QED) is 0.747. The number of primary amides is 1. The zero-order valence-electron chi connectivity index (χ0n) is 13.0. The summed E-state index contributed by atoms with van der Waals surface area (Å²) >= 11 is 0. The van der Waals surface area contributed by atoms with Crippen LogP contribution in [-0.2, 0) is 9.53 Å². The van der Waals surface area contributed by atoms with Crippen LogP contribution >= 0.6 is 0 Å². The van der Waals surface area contributed by atoms with Gasteiger partial charge in [0.15, 0.2) is 0 Å². The molecule has 5 nitrogen and oxygen atoms in total. The average molecular weight is 271 g/mol. The van der Waals surface area contributed by atoms with E-state index < -0.39 is 5.54 Å². The van der Waals surface area contributed by atoms with E-state index in [0.717, 1.165) is 32.7 Å². The molecular formula is C14H29N3O2. The molecule has 1 unspecified atom stereocenters. The molecule has 112 valence electrons. The minimum Gasteiger partial charge on any atom is -0.373 e. The number of hydrogen-bond acceptors (Lipinski definition) is 4. The fraction of sp³-hybridized carbons (Fsp3) is 0.929. The highest BCUT2D eigenvalue weighted by Gasteiger charge is 2.33. The Bertz CT molecular complexity index is 318. The molecule has 1 saturated heterocycles. The smallest absolute Gasteiger partial charge is 0.237 e. The first-order valence-corrected chi connectivity index (χ1v) is 7.08. The third-order valence-corrected chi connectivity index (χ3v) is 3.58. The maximum Gasteiger partial charge on any atom is 0.237 e. The predicted molar refractivity (Wildman–Crippen MR) is 77.0 cm³/mol. The monoisotopic (exact) mass is 271 g/mol. The number of morpholine rings is 1. The Morgan fingerprint density at radius 3 is 2.63 bits per heavy atom. The summed E-state index contributed by atoms with van der Waals surface area (Å²) in [5, 5.41) is 3.28. The van der Waals surface area contributed by atoms with Crippen molar-refractivity contribution in [3.63, 3.8) is 0 Å². The van der Waals surface area contributed by atoms with Gasteiger partial charge < -0.3 is 15.8 Å². The summed E-state index contributed by atoms with van der Waals surface area (Å²) in [6, 6.07) is 0.235. The molecule has 1 aliphatic heterocycles. The van der Waals surface area contributed by atoms with E-state index in [4.69, 9.17) is 10.5 Å². The van der Waals surface area contributed by atoms with Crippen LogP contribution in [0.3, 0.4) is 0 Å². The Labute approximate surface area is 116 Å². The lowest BCUT2D eigenvalue weighted by atomic mass is 9.95. The highest BCUT2D eigenvalue weighted by molar-refractivity contribution is 5.84. The van der Waals surface area contributed by atoms with E-state index in [9.17, 15) is 4.79 Å². The van der Waals surface area contributed by atoms with Gasteiger partial charge in [0.25, 0.3) is 0 Å². The van der Waals surface area contributed by atoms with Crippen molar-refractivity contribution in [2.45, 2.75) is 58.2 Å². The average Bonchev–Trinajstić information content (AvgIpc) is 2.24. The van der Waals surface area contributed by atoms with E-state index >= 15 is 0 Å². The normalized spacial score (nSPS) is 23.3. The molecule has 0 saturated carbocycles. The highest BCUT2D eigenvalue weighted by Crippen LogP contribution is 2.18. The van der Waals surface area contributed by atoms with Gasteiger partial charge in [-0.2, -0.15) is 0 Å². The molecule has 5 heteroatoms. The van der Waals surface area contributed by atoms with Crippen molar-refractivity contribution in [2.75, 3.05) is 26.2 Å². The molecule has 1 amide bonds. The lowest BCUT2D eigenvalue weighted by Crippen LogP contribution is -2.58. The summed E-state index contributed by atoms with van der Waals surface area (Å²) in [6.07, 6.45) is 0.719. The van der Waals surface area contributed by atoms with Crippen LogP contribution in [-0.4, -0.2) is 54.2 Å². The van der Waals surface area contributed by atoms with Crippen molar-refractivity contribution < 1.29 is 9.53 Å². The lowest BCUT2D eigenvalue weighted by Gasteiger charge is -2.40. The molecule has 1 aliphatic rings. The van der Waals surface area contributed by atoms with Gasteiger partial charge in [0.2, 0.25) is 5.91 Å². The van der Waals surface area contributed by atoms with E-state index in [0.29, 0.717) is 0 Å². The summed E-state index contributed by atoms with van der Waals surface area (Å²) in [4.78, 5) is 14.0. The number of nitrogens with zero attached hydrogens (tertiary/aromatic N) is 1. The van der Waals surface area contributed by atoms with Gasteiger partial charge in [-0.05, 0) is 41.0 Å². The fourth-order valence-electron chi connectivity index (χ4n) is 2.59. The van der Waals surface area contributed by atoms with Crippen LogP contribution in [0.15, 0.2) is 0 Å². The van der Waals surface area contributed by atoms with E-state index in [1.165, 1.54) is 0 Å². The van der Waals surface area contributed by atoms with Gasteiger partial charge in [-0.3, -0.25) is 9.69 Å². The van der Waals surface area contributed by atoms with Crippen molar-refractivity contribution in [1.29, 1.82) is 0 Å². The second kappa shape index (κ2) is 6.20. The highest BCUT2D eigenvalue weighted by atomic mass is 16.5. The van der Waals surface area contributed by atoms with Gasteiger partial charge in [0.1, 0.15) is 0 Å². The molecule has 1 heterocycles. The lowest BCUT2D eigenvalue weighted by molar-refractivity contribution is -0.125. The Morgan fingerprint density at radius 1 is 1.53 bits per heavy atom. The molecule has 0 aromatic heterocycles. The van der Waals surface area contributed by atoms with Crippen molar-refractivity contribution >= 4 is 5.91 Å². The molecule has 0 radical (unpaired) electrons. The Hall–Kier alpha value is -0.650. The first-order valence-electron chi connectivity index (χ1n) is 7.08. The minimum absolute atomic E-state index is 0.104. The fourth-order valence-corrected chi connectivity index (χ4v) is 2.59. The summed E-state index contributed by atoms with van der Waals surface area (Å²) < 4.78 is 5.69. The van der Waals surface area contributed by atoms with Gasteiger partial charge in [0, 0.05) is 25.7 Å². The molecule has 0 bridgehead atoms. The first-order chi connectivity index (χ1) is 8.65. The van der Waals surface area contributed by atoms with E-state index in [2.05, 4.69) is 24.1 Å². The first kappa shape index (κ1) is 16.4. The molecule has 0 aliphatic carbocycles. The van der Waals surface area contributed by atoms with Crippen molar-refractivity contribution in [3.05, 3.63) is 0 Å². The van der Waals surface area contributed by atoms with Gasteiger partial charge in [0.05, 0.1) is 17.7 Å². The molecule has 19 heavy (non-hydrogen) atoms. The second-order valence-electron chi connectivity index (χ2n) is 6.63. The Morgan fingerprint density at radius 2 is 2.16 bits per heavy atom. The molecule has 0 aromatic rings. The summed E-state index contributed by atoms with van der Waals surface area (Å²) in [5.74, 6) is -0.284. The van der Waals surface area contributed by atoms with Crippen LogP contribution < -0.4 is 11.1 Å². The molecule has 3 N–H and O–H groups in total. The van der Waals surface area contributed by atoms with Crippen LogP contribution in [0, 0.1) is 0 Å². The zero-order valence-corrected chi connectivity index (χ0v) is 13.0. The molecular weight excluding hydrogens is 242 g/mol. The molecule has 1 fully saturated rings. The van der Waals surface area contributed by atoms with Crippen molar-refractivity contribution in [1.82, 2.24) is 10.2 Å². The molecule has 1 rings (SSSR count).